The number of aromatic nitrogens is 2. The number of hydrogen-bond acceptors (Lipinski definition) is 5. The Morgan fingerprint density at radius 3 is 2.50 bits per heavy atom. The molecule has 1 aliphatic carbocycles. The fourth-order valence-electron chi connectivity index (χ4n) is 2.59. The first-order valence-corrected chi connectivity index (χ1v) is 6.66. The Kier molecular flexibility index (Phi) is 3.02. The van der Waals surface area contributed by atoms with Crippen LogP contribution in [-0.2, 0) is 4.79 Å². The Hall–Kier alpha value is -3.02. The Balaban J connectivity index is 2.35. The molecule has 0 saturated carbocycles. The Morgan fingerprint density at radius 2 is 1.91 bits per heavy atom. The van der Waals surface area contributed by atoms with Crippen LogP contribution < -0.4 is 0 Å². The summed E-state index contributed by atoms with van der Waals surface area (Å²) >= 11 is 0. The number of ketones is 2. The number of nitrogens with zero attached hydrogens (tertiary/aromatic N) is 2. The van der Waals surface area contributed by atoms with Crippen molar-refractivity contribution in [2.45, 2.75) is 13.8 Å². The molecule has 2 aromatic rings. The zero-order valence-corrected chi connectivity index (χ0v) is 12.0. The molecule has 0 saturated heterocycles. The molecule has 2 N–H and O–H groups in total. The highest BCUT2D eigenvalue weighted by atomic mass is 16.3. The standard InChI is InChI=1S/C16H13N3O3/c1-8-11-14(19(18-8)10-6-4-3-5-7-10)16(22)13(17)12(9(2)20)15(11)21/h3-7,17,21H,1-2H3. The maximum Gasteiger partial charge on any atom is 0.230 e. The minimum Gasteiger partial charge on any atom is -0.506 e. The highest BCUT2D eigenvalue weighted by Crippen LogP contribution is 2.32. The van der Waals surface area contributed by atoms with Crippen LogP contribution in [0.1, 0.15) is 28.7 Å². The number of hydrogen-bond donors (Lipinski definition) is 2. The quantitative estimate of drug-likeness (QED) is 0.888. The number of carbonyl (C=O) groups excluding carboxylic acids is 2. The molecule has 0 spiro atoms. The average molecular weight is 295 g/mol. The van der Waals surface area contributed by atoms with Crippen LogP contribution in [-0.4, -0.2) is 32.2 Å². The molecule has 110 valence electrons. The first kappa shape index (κ1) is 13.9. The van der Waals surface area contributed by atoms with Gasteiger partial charge in [0.25, 0.3) is 0 Å². The fourth-order valence-corrected chi connectivity index (χ4v) is 2.59. The first-order valence-electron chi connectivity index (χ1n) is 6.66. The summed E-state index contributed by atoms with van der Waals surface area (Å²) < 4.78 is 1.40. The first-order chi connectivity index (χ1) is 10.4. The lowest BCUT2D eigenvalue weighted by Crippen LogP contribution is -2.28. The molecule has 6 nitrogen and oxygen atoms in total. The van der Waals surface area contributed by atoms with Crippen LogP contribution in [0.15, 0.2) is 35.9 Å². The number of fused-ring (bicyclic) bond motifs is 1. The van der Waals surface area contributed by atoms with Crippen molar-refractivity contribution in [3.05, 3.63) is 52.9 Å². The van der Waals surface area contributed by atoms with Gasteiger partial charge >= 0.3 is 0 Å². The molecule has 1 aromatic carbocycles. The number of aliphatic hydroxyl groups is 1. The lowest BCUT2D eigenvalue weighted by Gasteiger charge is -2.16. The number of aryl methyl sites for hydroxylation is 1. The van der Waals surface area contributed by atoms with Gasteiger partial charge in [-0.25, -0.2) is 4.68 Å². The number of aliphatic hydroxyl groups excluding tert-OH is 1. The molecule has 0 radical (unpaired) electrons. The zero-order chi connectivity index (χ0) is 16.0. The summed E-state index contributed by atoms with van der Waals surface area (Å²) in [6.07, 6.45) is 0. The third kappa shape index (κ3) is 1.81. The number of benzene rings is 1. The van der Waals surface area contributed by atoms with Crippen LogP contribution >= 0.6 is 0 Å². The van der Waals surface area contributed by atoms with Gasteiger partial charge < -0.3 is 5.11 Å². The van der Waals surface area contributed by atoms with Gasteiger partial charge in [0.05, 0.1) is 22.5 Å². The summed E-state index contributed by atoms with van der Waals surface area (Å²) in [5.74, 6) is -1.50. The van der Waals surface area contributed by atoms with Crippen molar-refractivity contribution in [1.29, 1.82) is 5.41 Å². The molecular formula is C16H13N3O3. The Labute approximate surface area is 126 Å². The van der Waals surface area contributed by atoms with Crippen molar-refractivity contribution in [2.75, 3.05) is 0 Å². The molecule has 0 fully saturated rings. The van der Waals surface area contributed by atoms with Crippen molar-refractivity contribution in [3.63, 3.8) is 0 Å². The molecule has 6 heteroatoms. The van der Waals surface area contributed by atoms with E-state index in [0.717, 1.165) is 0 Å². The van der Waals surface area contributed by atoms with Crippen molar-refractivity contribution < 1.29 is 14.7 Å². The summed E-state index contributed by atoms with van der Waals surface area (Å²) in [5, 5.41) is 22.5. The molecule has 0 atom stereocenters. The van der Waals surface area contributed by atoms with Crippen LogP contribution in [0.5, 0.6) is 0 Å². The number of carbonyl (C=O) groups is 2. The van der Waals surface area contributed by atoms with Gasteiger partial charge in [0.2, 0.25) is 5.78 Å². The number of nitrogens with one attached hydrogen (secondary N) is 1. The zero-order valence-electron chi connectivity index (χ0n) is 12.0. The van der Waals surface area contributed by atoms with E-state index >= 15 is 0 Å². The SMILES string of the molecule is CC(=O)C1=C(O)c2c(C)nn(-c3ccccc3)c2C(=O)C1=N. The Morgan fingerprint density at radius 1 is 1.27 bits per heavy atom. The highest BCUT2D eigenvalue weighted by molar-refractivity contribution is 6.58. The second-order valence-electron chi connectivity index (χ2n) is 5.04. The number of rotatable bonds is 2. The molecule has 1 aliphatic rings. The summed E-state index contributed by atoms with van der Waals surface area (Å²) in [6, 6.07) is 8.97. The van der Waals surface area contributed by atoms with Crippen molar-refractivity contribution in [1.82, 2.24) is 9.78 Å². The van der Waals surface area contributed by atoms with E-state index in [1.165, 1.54) is 11.6 Å². The number of Topliss-reactive ketones (excluding diaryl/α,β-unsaturated/α-hetero) is 2. The van der Waals surface area contributed by atoms with E-state index < -0.39 is 17.3 Å². The molecule has 22 heavy (non-hydrogen) atoms. The second-order valence-corrected chi connectivity index (χ2v) is 5.04. The maximum absolute atomic E-state index is 12.5. The van der Waals surface area contributed by atoms with Gasteiger partial charge in [-0.2, -0.15) is 5.10 Å². The normalized spacial score (nSPS) is 14.3. The number of para-hydroxylation sites is 1. The van der Waals surface area contributed by atoms with Crippen LogP contribution in [0, 0.1) is 12.3 Å². The lowest BCUT2D eigenvalue weighted by atomic mass is 9.89. The lowest BCUT2D eigenvalue weighted by molar-refractivity contribution is -0.113. The minimum absolute atomic E-state index is 0.108. The molecule has 1 heterocycles. The van der Waals surface area contributed by atoms with Gasteiger partial charge in [-0.15, -0.1) is 0 Å². The second kappa shape index (κ2) is 4.77. The van der Waals surface area contributed by atoms with E-state index in [-0.39, 0.29) is 22.6 Å². The predicted octanol–water partition coefficient (Wildman–Crippen LogP) is 2.25. The van der Waals surface area contributed by atoms with Crippen molar-refractivity contribution in [2.24, 2.45) is 0 Å². The van der Waals surface area contributed by atoms with Gasteiger partial charge in [0.15, 0.2) is 5.78 Å². The van der Waals surface area contributed by atoms with E-state index in [4.69, 9.17) is 5.41 Å². The van der Waals surface area contributed by atoms with Gasteiger partial charge in [0.1, 0.15) is 17.2 Å². The smallest absolute Gasteiger partial charge is 0.230 e. The molecule has 0 amide bonds. The van der Waals surface area contributed by atoms with Crippen LogP contribution in [0.25, 0.3) is 11.4 Å². The van der Waals surface area contributed by atoms with E-state index in [0.29, 0.717) is 11.4 Å². The fraction of sp³-hybridized carbons (Fsp3) is 0.125. The molecular weight excluding hydrogens is 282 g/mol. The highest BCUT2D eigenvalue weighted by Gasteiger charge is 2.37. The van der Waals surface area contributed by atoms with Gasteiger partial charge in [-0.05, 0) is 26.0 Å². The molecule has 0 aliphatic heterocycles. The van der Waals surface area contributed by atoms with E-state index in [1.807, 2.05) is 6.07 Å². The molecule has 0 unspecified atom stereocenters. The van der Waals surface area contributed by atoms with E-state index in [9.17, 15) is 14.7 Å². The summed E-state index contributed by atoms with van der Waals surface area (Å²) in [7, 11) is 0. The molecule has 0 bridgehead atoms. The van der Waals surface area contributed by atoms with E-state index in [2.05, 4.69) is 5.10 Å². The van der Waals surface area contributed by atoms with Crippen molar-refractivity contribution >= 4 is 23.0 Å². The van der Waals surface area contributed by atoms with Crippen LogP contribution in [0.2, 0.25) is 0 Å². The van der Waals surface area contributed by atoms with Gasteiger partial charge in [-0.3, -0.25) is 15.0 Å². The van der Waals surface area contributed by atoms with E-state index in [1.54, 1.807) is 31.2 Å². The monoisotopic (exact) mass is 295 g/mol. The summed E-state index contributed by atoms with van der Waals surface area (Å²) in [5.41, 5.74) is 0.636. The summed E-state index contributed by atoms with van der Waals surface area (Å²) in [4.78, 5) is 24.1. The molecule has 3 rings (SSSR count). The van der Waals surface area contributed by atoms with Crippen molar-refractivity contribution in [3.8, 4) is 5.69 Å². The third-order valence-electron chi connectivity index (χ3n) is 3.58. The van der Waals surface area contributed by atoms with Crippen LogP contribution in [0.4, 0.5) is 0 Å². The Bertz CT molecular complexity index is 860. The average Bonchev–Trinajstić information content (AvgIpc) is 2.83. The third-order valence-corrected chi connectivity index (χ3v) is 3.58. The molecule has 1 aromatic heterocycles. The minimum atomic E-state index is -0.623. The largest absolute Gasteiger partial charge is 0.506 e. The topological polar surface area (TPSA) is 96.0 Å². The summed E-state index contributed by atoms with van der Waals surface area (Å²) in [6.45, 7) is 2.86. The maximum atomic E-state index is 12.5. The van der Waals surface area contributed by atoms with Gasteiger partial charge in [0, 0.05) is 0 Å². The van der Waals surface area contributed by atoms with Gasteiger partial charge in [-0.1, -0.05) is 18.2 Å². The predicted molar refractivity (Wildman–Crippen MR) is 80.6 cm³/mol. The number of allylic oxidation sites excluding steroid dienone is 1. The van der Waals surface area contributed by atoms with Crippen LogP contribution in [0.3, 0.4) is 0 Å².